The Morgan fingerprint density at radius 1 is 1.45 bits per heavy atom. The van der Waals surface area contributed by atoms with Crippen molar-refractivity contribution in [3.63, 3.8) is 0 Å². The van der Waals surface area contributed by atoms with Crippen LogP contribution >= 0.6 is 0 Å². The minimum atomic E-state index is -1.25. The van der Waals surface area contributed by atoms with Crippen LogP contribution in [0, 0.1) is 10.1 Å². The van der Waals surface area contributed by atoms with E-state index in [-0.39, 0.29) is 12.2 Å². The molecule has 0 aliphatic heterocycles. The maximum absolute atomic E-state index is 11.6. The summed E-state index contributed by atoms with van der Waals surface area (Å²) in [5, 5.41) is 21.9. The van der Waals surface area contributed by atoms with Gasteiger partial charge in [-0.05, 0) is 42.3 Å². The molecule has 1 aromatic rings. The van der Waals surface area contributed by atoms with Crippen molar-refractivity contribution in [2.75, 3.05) is 0 Å². The van der Waals surface area contributed by atoms with Crippen LogP contribution in [0.5, 0.6) is 0 Å². The van der Waals surface area contributed by atoms with E-state index in [0.29, 0.717) is 5.56 Å². The number of nitrogens with zero attached hydrogens (tertiary/aromatic N) is 2. The zero-order valence-electron chi connectivity index (χ0n) is 12.4. The predicted molar refractivity (Wildman–Crippen MR) is 75.4 cm³/mol. The second-order valence-electron chi connectivity index (χ2n) is 5.52. The van der Waals surface area contributed by atoms with E-state index in [1.54, 1.807) is 20.8 Å². The lowest BCUT2D eigenvalue weighted by Crippen LogP contribution is -2.44. The van der Waals surface area contributed by atoms with Gasteiger partial charge in [0.05, 0.1) is 0 Å². The molecule has 1 rings (SSSR count). The number of pyridine rings is 1. The fraction of sp³-hybridized carbons (Fsp3) is 0.462. The first kappa shape index (κ1) is 17.3. The Kier molecular flexibility index (Phi) is 5.39. The Balaban J connectivity index is 2.74. The van der Waals surface area contributed by atoms with Gasteiger partial charge in [-0.3, -0.25) is 0 Å². The van der Waals surface area contributed by atoms with Crippen molar-refractivity contribution in [1.29, 1.82) is 0 Å². The monoisotopic (exact) mass is 311 g/mol. The molecule has 2 N–H and O–H groups in total. The highest BCUT2D eigenvalue weighted by atomic mass is 16.6. The number of rotatable bonds is 5. The van der Waals surface area contributed by atoms with Gasteiger partial charge in [0, 0.05) is 12.5 Å². The molecule has 0 aliphatic rings. The molecule has 0 aromatic carbocycles. The highest BCUT2D eigenvalue weighted by Gasteiger charge is 2.24. The lowest BCUT2D eigenvalue weighted by molar-refractivity contribution is -0.389. The summed E-state index contributed by atoms with van der Waals surface area (Å²) in [5.74, 6) is -1.58. The largest absolute Gasteiger partial charge is 0.480 e. The van der Waals surface area contributed by atoms with Crippen molar-refractivity contribution in [2.24, 2.45) is 0 Å². The van der Waals surface area contributed by atoms with E-state index >= 15 is 0 Å². The van der Waals surface area contributed by atoms with E-state index in [0.717, 1.165) is 0 Å². The molecule has 1 heterocycles. The first-order valence-electron chi connectivity index (χ1n) is 6.40. The topological polar surface area (TPSA) is 132 Å². The second-order valence-corrected chi connectivity index (χ2v) is 5.52. The Morgan fingerprint density at radius 2 is 2.09 bits per heavy atom. The third kappa shape index (κ3) is 5.73. The molecule has 9 nitrogen and oxygen atoms in total. The smallest absolute Gasteiger partial charge is 0.408 e. The van der Waals surface area contributed by atoms with Crippen molar-refractivity contribution >= 4 is 17.9 Å². The average Bonchev–Trinajstić information content (AvgIpc) is 2.36. The van der Waals surface area contributed by atoms with Crippen molar-refractivity contribution in [1.82, 2.24) is 10.3 Å². The number of ether oxygens (including phenoxy) is 1. The molecule has 0 bridgehead atoms. The summed E-state index contributed by atoms with van der Waals surface area (Å²) in [7, 11) is 0. The number of aromatic nitrogens is 1. The van der Waals surface area contributed by atoms with Gasteiger partial charge in [0.25, 0.3) is 0 Å². The summed E-state index contributed by atoms with van der Waals surface area (Å²) in [4.78, 5) is 36.2. The van der Waals surface area contributed by atoms with E-state index in [4.69, 9.17) is 9.84 Å². The van der Waals surface area contributed by atoms with Crippen molar-refractivity contribution in [3.8, 4) is 0 Å². The van der Waals surface area contributed by atoms with Crippen molar-refractivity contribution < 1.29 is 24.4 Å². The molecule has 0 spiro atoms. The molecule has 22 heavy (non-hydrogen) atoms. The summed E-state index contributed by atoms with van der Waals surface area (Å²) < 4.78 is 4.99. The SMILES string of the molecule is CC(C)(C)OC(=O)NC(Cc1ccc([N+](=O)[O-])nc1)C(=O)O. The molecule has 0 radical (unpaired) electrons. The molecule has 1 aromatic heterocycles. The summed E-state index contributed by atoms with van der Waals surface area (Å²) in [6.07, 6.45) is 0.277. The van der Waals surface area contributed by atoms with Gasteiger partial charge in [0.15, 0.2) is 0 Å². The summed E-state index contributed by atoms with van der Waals surface area (Å²) in [5.41, 5.74) is -0.309. The van der Waals surface area contributed by atoms with Crippen LogP contribution in [0.3, 0.4) is 0 Å². The number of hydrogen-bond acceptors (Lipinski definition) is 6. The van der Waals surface area contributed by atoms with Crippen LogP contribution in [0.25, 0.3) is 0 Å². The van der Waals surface area contributed by atoms with E-state index in [1.165, 1.54) is 18.3 Å². The normalized spacial score (nSPS) is 12.3. The molecule has 1 amide bonds. The van der Waals surface area contributed by atoms with Gasteiger partial charge in [0.2, 0.25) is 0 Å². The first-order chi connectivity index (χ1) is 10.1. The lowest BCUT2D eigenvalue weighted by Gasteiger charge is -2.21. The fourth-order valence-corrected chi connectivity index (χ4v) is 1.53. The number of carboxylic acid groups (broad SMARTS) is 1. The second kappa shape index (κ2) is 6.83. The van der Waals surface area contributed by atoms with Crippen LogP contribution in [-0.2, 0) is 16.0 Å². The number of carboxylic acids is 1. The molecule has 0 saturated heterocycles. The molecule has 0 fully saturated rings. The Labute approximate surface area is 126 Å². The van der Waals surface area contributed by atoms with Gasteiger partial charge in [-0.25, -0.2) is 9.59 Å². The fourth-order valence-electron chi connectivity index (χ4n) is 1.53. The number of carbonyl (C=O) groups is 2. The first-order valence-corrected chi connectivity index (χ1v) is 6.40. The Morgan fingerprint density at radius 3 is 2.50 bits per heavy atom. The highest BCUT2D eigenvalue weighted by molar-refractivity contribution is 5.80. The minimum Gasteiger partial charge on any atom is -0.480 e. The van der Waals surface area contributed by atoms with Crippen LogP contribution in [0.4, 0.5) is 10.6 Å². The lowest BCUT2D eigenvalue weighted by atomic mass is 10.1. The molecule has 120 valence electrons. The van der Waals surface area contributed by atoms with Gasteiger partial charge >= 0.3 is 17.9 Å². The number of nitrogens with one attached hydrogen (secondary N) is 1. The van der Waals surface area contributed by atoms with E-state index in [2.05, 4.69) is 10.3 Å². The number of aliphatic carboxylic acids is 1. The number of alkyl carbamates (subject to hydrolysis) is 1. The van der Waals surface area contributed by atoms with E-state index in [9.17, 15) is 19.7 Å². The Bertz CT molecular complexity index is 564. The minimum absolute atomic E-state index is 0.0699. The number of nitro groups is 1. The van der Waals surface area contributed by atoms with Crippen molar-refractivity contribution in [3.05, 3.63) is 34.0 Å². The van der Waals surface area contributed by atoms with Crippen LogP contribution in [0.15, 0.2) is 18.3 Å². The van der Waals surface area contributed by atoms with Crippen LogP contribution < -0.4 is 5.32 Å². The van der Waals surface area contributed by atoms with Gasteiger partial charge in [0.1, 0.15) is 17.8 Å². The van der Waals surface area contributed by atoms with Crippen molar-refractivity contribution in [2.45, 2.75) is 38.8 Å². The average molecular weight is 311 g/mol. The maximum Gasteiger partial charge on any atom is 0.408 e. The van der Waals surface area contributed by atoms with Gasteiger partial charge < -0.3 is 25.3 Å². The molecule has 9 heteroatoms. The maximum atomic E-state index is 11.6. The van der Waals surface area contributed by atoms with E-state index in [1.807, 2.05) is 0 Å². The standard InChI is InChI=1S/C13H17N3O6/c1-13(2,3)22-12(19)15-9(11(17)18)6-8-4-5-10(14-7-8)16(20)21/h4-5,7,9H,6H2,1-3H3,(H,15,19)(H,17,18). The zero-order chi connectivity index (χ0) is 16.9. The van der Waals surface area contributed by atoms with Crippen LogP contribution in [0.2, 0.25) is 0 Å². The van der Waals surface area contributed by atoms with E-state index < -0.39 is 28.6 Å². The molecule has 0 aliphatic carbocycles. The predicted octanol–water partition coefficient (Wildman–Crippen LogP) is 1.51. The summed E-state index contributed by atoms with van der Waals surface area (Å²) in [6.45, 7) is 4.97. The third-order valence-electron chi connectivity index (χ3n) is 2.43. The number of amides is 1. The quantitative estimate of drug-likeness (QED) is 0.622. The van der Waals surface area contributed by atoms with Crippen LogP contribution in [-0.4, -0.2) is 38.7 Å². The summed E-state index contributed by atoms with van der Waals surface area (Å²) in [6, 6.07) is 1.33. The van der Waals surface area contributed by atoms with Gasteiger partial charge in [-0.1, -0.05) is 0 Å². The molecule has 1 atom stereocenters. The zero-order valence-corrected chi connectivity index (χ0v) is 12.4. The molecule has 0 saturated carbocycles. The number of hydrogen-bond donors (Lipinski definition) is 2. The van der Waals surface area contributed by atoms with Gasteiger partial charge in [-0.2, -0.15) is 0 Å². The third-order valence-corrected chi connectivity index (χ3v) is 2.43. The molecular weight excluding hydrogens is 294 g/mol. The number of carbonyl (C=O) groups excluding carboxylic acids is 1. The van der Waals surface area contributed by atoms with Crippen LogP contribution in [0.1, 0.15) is 26.3 Å². The van der Waals surface area contributed by atoms with Gasteiger partial charge in [-0.15, -0.1) is 0 Å². The molecule has 1 unspecified atom stereocenters. The Hall–Kier alpha value is -2.71. The molecular formula is C13H17N3O6. The summed E-state index contributed by atoms with van der Waals surface area (Å²) >= 11 is 0. The highest BCUT2D eigenvalue weighted by Crippen LogP contribution is 2.11.